The van der Waals surface area contributed by atoms with Gasteiger partial charge < -0.3 is 24.2 Å². The van der Waals surface area contributed by atoms with Crippen LogP contribution >= 0.6 is 0 Å². The molecule has 0 saturated carbocycles. The van der Waals surface area contributed by atoms with E-state index in [2.05, 4.69) is 14.8 Å². The van der Waals surface area contributed by atoms with Crippen molar-refractivity contribution in [1.82, 2.24) is 19.4 Å². The third-order valence-electron chi connectivity index (χ3n) is 5.48. The Bertz CT molecular complexity index is 659. The number of carbonyl (C=O) groups is 1. The highest BCUT2D eigenvalue weighted by Crippen LogP contribution is 2.28. The largest absolute Gasteiger partial charge is 0.444 e. The zero-order chi connectivity index (χ0) is 19.8. The Kier molecular flexibility index (Phi) is 5.40. The molecule has 2 atom stereocenters. The molecule has 8 nitrogen and oxygen atoms in total. The maximum Gasteiger partial charge on any atom is 0.410 e. The highest BCUT2D eigenvalue weighted by atomic mass is 16.6. The number of imidazole rings is 1. The van der Waals surface area contributed by atoms with Gasteiger partial charge in [-0.2, -0.15) is 0 Å². The molecule has 3 rings (SSSR count). The first-order valence-electron chi connectivity index (χ1n) is 9.73. The van der Waals surface area contributed by atoms with Gasteiger partial charge in [-0.3, -0.25) is 4.90 Å². The number of piperazine rings is 1. The van der Waals surface area contributed by atoms with Gasteiger partial charge >= 0.3 is 6.09 Å². The fraction of sp³-hybridized carbons (Fsp3) is 0.789. The smallest absolute Gasteiger partial charge is 0.410 e. The molecule has 2 unspecified atom stereocenters. The summed E-state index contributed by atoms with van der Waals surface area (Å²) in [5, 5.41) is 11.0. The van der Waals surface area contributed by atoms with Crippen LogP contribution in [0.1, 0.15) is 34.1 Å². The third-order valence-corrected chi connectivity index (χ3v) is 5.48. The van der Waals surface area contributed by atoms with Crippen LogP contribution in [0, 0.1) is 0 Å². The fourth-order valence-electron chi connectivity index (χ4n) is 3.92. The monoisotopic (exact) mass is 379 g/mol. The number of aliphatic hydroxyl groups is 1. The van der Waals surface area contributed by atoms with Gasteiger partial charge in [-0.05, 0) is 34.1 Å². The second kappa shape index (κ2) is 7.31. The predicted molar refractivity (Wildman–Crippen MR) is 104 cm³/mol. The Morgan fingerprint density at radius 2 is 1.93 bits per heavy atom. The molecule has 8 heteroatoms. The highest BCUT2D eigenvalue weighted by Gasteiger charge is 2.44. The van der Waals surface area contributed by atoms with E-state index in [9.17, 15) is 9.90 Å². The van der Waals surface area contributed by atoms with E-state index in [4.69, 9.17) is 4.74 Å². The quantitative estimate of drug-likeness (QED) is 0.835. The summed E-state index contributed by atoms with van der Waals surface area (Å²) in [7, 11) is 2.00. The van der Waals surface area contributed by atoms with Crippen LogP contribution in [0.15, 0.2) is 12.4 Å². The number of anilines is 1. The number of nitrogens with zero attached hydrogens (tertiary/aromatic N) is 5. The van der Waals surface area contributed by atoms with Gasteiger partial charge in [0.05, 0.1) is 11.6 Å². The summed E-state index contributed by atoms with van der Waals surface area (Å²) in [4.78, 5) is 23.2. The number of ether oxygens (including phenoxy) is 1. The molecule has 27 heavy (non-hydrogen) atoms. The average molecular weight is 380 g/mol. The van der Waals surface area contributed by atoms with E-state index < -0.39 is 11.2 Å². The van der Waals surface area contributed by atoms with Gasteiger partial charge in [-0.15, -0.1) is 0 Å². The maximum atomic E-state index is 12.5. The van der Waals surface area contributed by atoms with Crippen LogP contribution in [0.4, 0.5) is 10.7 Å². The Balaban J connectivity index is 1.63. The second-order valence-electron chi connectivity index (χ2n) is 8.91. The lowest BCUT2D eigenvalue weighted by molar-refractivity contribution is -0.0839. The number of hydrogen-bond donors (Lipinski definition) is 1. The second-order valence-corrected chi connectivity index (χ2v) is 8.91. The van der Waals surface area contributed by atoms with E-state index in [1.807, 2.05) is 51.7 Å². The summed E-state index contributed by atoms with van der Waals surface area (Å²) < 4.78 is 7.55. The van der Waals surface area contributed by atoms with E-state index in [1.165, 1.54) is 0 Å². The van der Waals surface area contributed by atoms with Gasteiger partial charge in [-0.25, -0.2) is 9.78 Å². The van der Waals surface area contributed by atoms with Gasteiger partial charge in [0.2, 0.25) is 5.95 Å². The summed E-state index contributed by atoms with van der Waals surface area (Å²) >= 11 is 0. The summed E-state index contributed by atoms with van der Waals surface area (Å²) in [5.74, 6) is 0.973. The SMILES string of the molecule is Cn1ccnc1N1CCN(C2CN(C(=O)OC(C)(C)C)CCC2(C)O)CC1. The summed E-state index contributed by atoms with van der Waals surface area (Å²) in [6, 6.07) is -0.0951. The van der Waals surface area contributed by atoms with Crippen molar-refractivity contribution in [1.29, 1.82) is 0 Å². The van der Waals surface area contributed by atoms with Crippen molar-refractivity contribution in [2.24, 2.45) is 7.05 Å². The zero-order valence-corrected chi connectivity index (χ0v) is 17.2. The summed E-state index contributed by atoms with van der Waals surface area (Å²) in [5.41, 5.74) is -1.33. The molecule has 1 amide bonds. The molecule has 1 aromatic rings. The Hall–Kier alpha value is -1.80. The fourth-order valence-corrected chi connectivity index (χ4v) is 3.92. The minimum atomic E-state index is -0.816. The average Bonchev–Trinajstić information content (AvgIpc) is 2.99. The molecule has 0 aromatic carbocycles. The lowest BCUT2D eigenvalue weighted by atomic mass is 9.87. The van der Waals surface area contributed by atoms with E-state index in [-0.39, 0.29) is 12.1 Å². The van der Waals surface area contributed by atoms with Crippen molar-refractivity contribution in [2.75, 3.05) is 44.2 Å². The molecule has 2 aliphatic heterocycles. The molecule has 2 saturated heterocycles. The van der Waals surface area contributed by atoms with Crippen LogP contribution < -0.4 is 4.90 Å². The van der Waals surface area contributed by atoms with Crippen molar-refractivity contribution in [3.8, 4) is 0 Å². The highest BCUT2D eigenvalue weighted by molar-refractivity contribution is 5.68. The number of aryl methyl sites for hydroxylation is 1. The summed E-state index contributed by atoms with van der Waals surface area (Å²) in [6.45, 7) is 11.9. The Morgan fingerprint density at radius 3 is 2.48 bits per heavy atom. The van der Waals surface area contributed by atoms with Gasteiger partial charge in [0, 0.05) is 58.7 Å². The first kappa shape index (κ1) is 19.9. The Labute approximate surface area is 161 Å². The Morgan fingerprint density at radius 1 is 1.26 bits per heavy atom. The van der Waals surface area contributed by atoms with Crippen LogP contribution in [0.2, 0.25) is 0 Å². The molecule has 1 aromatic heterocycles. The van der Waals surface area contributed by atoms with Crippen LogP contribution in [0.25, 0.3) is 0 Å². The molecule has 2 fully saturated rings. The van der Waals surface area contributed by atoms with Crippen LogP contribution in [0.3, 0.4) is 0 Å². The first-order valence-corrected chi connectivity index (χ1v) is 9.73. The molecular formula is C19H33N5O3. The number of carbonyl (C=O) groups excluding carboxylic acids is 1. The summed E-state index contributed by atoms with van der Waals surface area (Å²) in [6.07, 6.45) is 4.02. The number of piperidine rings is 1. The normalized spacial score (nSPS) is 27.7. The van der Waals surface area contributed by atoms with Crippen molar-refractivity contribution < 1.29 is 14.6 Å². The molecule has 1 N–H and O–H groups in total. The van der Waals surface area contributed by atoms with Crippen molar-refractivity contribution in [3.05, 3.63) is 12.4 Å². The van der Waals surface area contributed by atoms with Crippen molar-refractivity contribution in [2.45, 2.75) is 51.4 Å². The molecule has 0 spiro atoms. The molecule has 0 radical (unpaired) electrons. The number of rotatable bonds is 2. The molecule has 3 heterocycles. The maximum absolute atomic E-state index is 12.5. The number of likely N-dealkylation sites (tertiary alicyclic amines) is 1. The van der Waals surface area contributed by atoms with Crippen LogP contribution in [-0.4, -0.2) is 87.1 Å². The standard InChI is InChI=1S/C19H33N5O3/c1-18(2,3)27-17(25)24-8-6-19(4,26)15(14-24)22-10-12-23(13-11-22)16-20-7-9-21(16)5/h7,9,15,26H,6,8,10-14H2,1-5H3. The van der Waals surface area contributed by atoms with E-state index in [1.54, 1.807) is 4.90 Å². The lowest BCUT2D eigenvalue weighted by Gasteiger charge is -2.49. The van der Waals surface area contributed by atoms with E-state index in [0.29, 0.717) is 19.5 Å². The lowest BCUT2D eigenvalue weighted by Crippen LogP contribution is -2.65. The number of aromatic nitrogens is 2. The topological polar surface area (TPSA) is 74.1 Å². The molecule has 0 bridgehead atoms. The van der Waals surface area contributed by atoms with Crippen LogP contribution in [0.5, 0.6) is 0 Å². The van der Waals surface area contributed by atoms with Gasteiger partial charge in [0.1, 0.15) is 5.60 Å². The number of hydrogen-bond acceptors (Lipinski definition) is 6. The molecule has 2 aliphatic rings. The first-order chi connectivity index (χ1) is 12.6. The molecule has 152 valence electrons. The van der Waals surface area contributed by atoms with Crippen molar-refractivity contribution in [3.63, 3.8) is 0 Å². The van der Waals surface area contributed by atoms with Crippen molar-refractivity contribution >= 4 is 12.0 Å². The molecular weight excluding hydrogens is 346 g/mol. The molecule has 0 aliphatic carbocycles. The predicted octanol–water partition coefficient (Wildman–Crippen LogP) is 1.30. The zero-order valence-electron chi connectivity index (χ0n) is 17.2. The third kappa shape index (κ3) is 4.55. The van der Waals surface area contributed by atoms with E-state index in [0.717, 1.165) is 32.1 Å². The van der Waals surface area contributed by atoms with Gasteiger partial charge in [0.15, 0.2) is 0 Å². The van der Waals surface area contributed by atoms with E-state index >= 15 is 0 Å². The van der Waals surface area contributed by atoms with Gasteiger partial charge in [-0.1, -0.05) is 0 Å². The number of amides is 1. The minimum absolute atomic E-state index is 0.0951. The minimum Gasteiger partial charge on any atom is -0.444 e. The van der Waals surface area contributed by atoms with Crippen LogP contribution in [-0.2, 0) is 11.8 Å². The van der Waals surface area contributed by atoms with Gasteiger partial charge in [0.25, 0.3) is 0 Å².